The van der Waals surface area contributed by atoms with Gasteiger partial charge in [-0.15, -0.1) is 0 Å². The Labute approximate surface area is 220 Å². The fraction of sp³-hybridized carbons (Fsp3) is 0.679. The molecule has 2 aliphatic rings. The third kappa shape index (κ3) is 8.54. The molecule has 2 aliphatic heterocycles. The zero-order valence-electron chi connectivity index (χ0n) is 23.2. The smallest absolute Gasteiger partial charge is 0.408 e. The van der Waals surface area contributed by atoms with E-state index in [-0.39, 0.29) is 24.3 Å². The Bertz CT molecular complexity index is 957. The first-order valence-corrected chi connectivity index (χ1v) is 13.3. The Morgan fingerprint density at radius 1 is 0.946 bits per heavy atom. The molecule has 1 aromatic rings. The molecule has 0 aliphatic carbocycles. The van der Waals surface area contributed by atoms with E-state index in [1.165, 1.54) is 6.42 Å². The summed E-state index contributed by atoms with van der Waals surface area (Å²) in [6, 6.07) is 5.38. The number of methoxy groups -OCH3 is 1. The van der Waals surface area contributed by atoms with Gasteiger partial charge in [-0.1, -0.05) is 0 Å². The molecule has 37 heavy (non-hydrogen) atoms. The second-order valence-corrected chi connectivity index (χ2v) is 11.6. The molecule has 0 radical (unpaired) electrons. The third-order valence-corrected chi connectivity index (χ3v) is 6.58. The molecule has 0 atom stereocenters. The third-order valence-electron chi connectivity index (χ3n) is 6.58. The van der Waals surface area contributed by atoms with Crippen LogP contribution >= 0.6 is 0 Å². The Morgan fingerprint density at radius 2 is 1.59 bits per heavy atom. The molecule has 0 spiro atoms. The molecule has 0 aromatic heterocycles. The molecule has 2 fully saturated rings. The number of rotatable bonds is 7. The highest BCUT2D eigenvalue weighted by Gasteiger charge is 2.31. The highest BCUT2D eigenvalue weighted by atomic mass is 16.6. The van der Waals surface area contributed by atoms with Crippen LogP contribution in [0, 0.1) is 0 Å². The van der Waals surface area contributed by atoms with Crippen LogP contribution in [0.3, 0.4) is 0 Å². The van der Waals surface area contributed by atoms with Crippen molar-refractivity contribution in [2.75, 3.05) is 33.3 Å². The van der Waals surface area contributed by atoms with Gasteiger partial charge in [0, 0.05) is 57.0 Å². The van der Waals surface area contributed by atoms with Crippen molar-refractivity contribution in [3.63, 3.8) is 0 Å². The van der Waals surface area contributed by atoms with Crippen LogP contribution < -0.4 is 14.8 Å². The van der Waals surface area contributed by atoms with Crippen molar-refractivity contribution >= 4 is 17.9 Å². The van der Waals surface area contributed by atoms with Crippen LogP contribution in [0.1, 0.15) is 83.5 Å². The van der Waals surface area contributed by atoms with Gasteiger partial charge in [-0.2, -0.15) is 0 Å². The van der Waals surface area contributed by atoms with Gasteiger partial charge in [-0.05, 0) is 66.0 Å². The van der Waals surface area contributed by atoms with Crippen LogP contribution in [0.2, 0.25) is 0 Å². The molecule has 0 unspecified atom stereocenters. The average molecular weight is 518 g/mol. The summed E-state index contributed by atoms with van der Waals surface area (Å²) in [5.74, 6) is 1.15. The first kappa shape index (κ1) is 28.6. The van der Waals surface area contributed by atoms with Crippen LogP contribution in [-0.2, 0) is 9.53 Å². The van der Waals surface area contributed by atoms with Crippen LogP contribution in [0.25, 0.3) is 0 Å². The van der Waals surface area contributed by atoms with E-state index in [1.807, 2.05) is 29.7 Å². The van der Waals surface area contributed by atoms with Gasteiger partial charge < -0.3 is 29.3 Å². The lowest BCUT2D eigenvalue weighted by atomic mass is 9.98. The van der Waals surface area contributed by atoms with Crippen molar-refractivity contribution in [3.8, 4) is 11.5 Å². The monoisotopic (exact) mass is 517 g/mol. The Kier molecular flexibility index (Phi) is 9.31. The van der Waals surface area contributed by atoms with Crippen LogP contribution in [0.5, 0.6) is 11.5 Å². The molecule has 0 saturated carbocycles. The lowest BCUT2D eigenvalue weighted by Crippen LogP contribution is -2.50. The zero-order chi connectivity index (χ0) is 27.2. The summed E-state index contributed by atoms with van der Waals surface area (Å²) >= 11 is 0. The molecule has 3 rings (SSSR count). The van der Waals surface area contributed by atoms with E-state index in [4.69, 9.17) is 14.2 Å². The summed E-state index contributed by atoms with van der Waals surface area (Å²) in [5, 5.41) is 2.80. The minimum Gasteiger partial charge on any atom is -0.496 e. The first-order valence-electron chi connectivity index (χ1n) is 13.3. The Morgan fingerprint density at radius 3 is 2.19 bits per heavy atom. The number of nitrogens with zero attached hydrogens (tertiary/aromatic N) is 2. The predicted octanol–water partition coefficient (Wildman–Crippen LogP) is 4.38. The Balaban J connectivity index is 1.50. The van der Waals surface area contributed by atoms with Crippen molar-refractivity contribution in [3.05, 3.63) is 23.8 Å². The van der Waals surface area contributed by atoms with E-state index in [1.54, 1.807) is 40.0 Å². The summed E-state index contributed by atoms with van der Waals surface area (Å²) < 4.78 is 17.0. The number of hydrogen-bond acceptors (Lipinski definition) is 6. The van der Waals surface area contributed by atoms with Crippen molar-refractivity contribution in [1.29, 1.82) is 0 Å². The molecule has 9 heteroatoms. The second kappa shape index (κ2) is 12.0. The standard InChI is InChI=1S/C28H43N3O6/c1-27(2,3)37-26(34)29-28(4,5)19-24(32)30-16-12-20(13-17-30)36-21-10-11-22(23(18-21)35-6)25(33)31-14-8-7-9-15-31/h10-11,18,20H,7-9,12-17,19H2,1-6H3,(H,29,34). The maximum atomic E-state index is 12.9. The van der Waals surface area contributed by atoms with Crippen molar-refractivity contribution in [2.45, 2.75) is 90.4 Å². The zero-order valence-corrected chi connectivity index (χ0v) is 23.2. The fourth-order valence-electron chi connectivity index (χ4n) is 4.72. The number of likely N-dealkylation sites (tertiary alicyclic amines) is 2. The number of ether oxygens (including phenoxy) is 3. The number of benzene rings is 1. The Hall–Kier alpha value is -2.97. The molecule has 2 saturated heterocycles. The van der Waals surface area contributed by atoms with Crippen molar-refractivity contribution in [1.82, 2.24) is 15.1 Å². The molecule has 206 valence electrons. The molecule has 9 nitrogen and oxygen atoms in total. The van der Waals surface area contributed by atoms with Gasteiger partial charge in [0.05, 0.1) is 12.7 Å². The highest BCUT2D eigenvalue weighted by molar-refractivity contribution is 5.97. The highest BCUT2D eigenvalue weighted by Crippen LogP contribution is 2.29. The van der Waals surface area contributed by atoms with Gasteiger partial charge in [0.25, 0.3) is 5.91 Å². The van der Waals surface area contributed by atoms with Gasteiger partial charge in [0.15, 0.2) is 0 Å². The van der Waals surface area contributed by atoms with Crippen LogP contribution in [-0.4, -0.2) is 78.2 Å². The summed E-state index contributed by atoms with van der Waals surface area (Å²) in [5.41, 5.74) is -0.768. The lowest BCUT2D eigenvalue weighted by molar-refractivity contribution is -0.134. The fourth-order valence-corrected chi connectivity index (χ4v) is 4.72. The van der Waals surface area contributed by atoms with Crippen molar-refractivity contribution in [2.24, 2.45) is 0 Å². The van der Waals surface area contributed by atoms with E-state index in [0.717, 1.165) is 25.9 Å². The summed E-state index contributed by atoms with van der Waals surface area (Å²) in [6.45, 7) is 11.8. The van der Waals surface area contributed by atoms with E-state index >= 15 is 0 Å². The van der Waals surface area contributed by atoms with Gasteiger partial charge >= 0.3 is 6.09 Å². The van der Waals surface area contributed by atoms with E-state index in [9.17, 15) is 14.4 Å². The first-order chi connectivity index (χ1) is 17.4. The topological polar surface area (TPSA) is 97.4 Å². The maximum absolute atomic E-state index is 12.9. The lowest BCUT2D eigenvalue weighted by Gasteiger charge is -2.35. The quantitative estimate of drug-likeness (QED) is 0.576. The minimum atomic E-state index is -0.725. The minimum absolute atomic E-state index is 0.000923. The molecular formula is C28H43N3O6. The molecule has 2 heterocycles. The number of carbonyl (C=O) groups excluding carboxylic acids is 3. The number of nitrogens with one attached hydrogen (secondary N) is 1. The number of alkyl carbamates (subject to hydrolysis) is 1. The largest absolute Gasteiger partial charge is 0.496 e. The van der Waals surface area contributed by atoms with Crippen LogP contribution in [0.15, 0.2) is 18.2 Å². The summed E-state index contributed by atoms with van der Waals surface area (Å²) in [6.07, 6.45) is 4.25. The van der Waals surface area contributed by atoms with Gasteiger partial charge in [-0.3, -0.25) is 9.59 Å². The SMILES string of the molecule is COc1cc(OC2CCN(C(=O)CC(C)(C)NC(=O)OC(C)(C)C)CC2)ccc1C(=O)N1CCCCC1. The van der Waals surface area contributed by atoms with Gasteiger partial charge in [-0.25, -0.2) is 4.79 Å². The summed E-state index contributed by atoms with van der Waals surface area (Å²) in [4.78, 5) is 41.7. The van der Waals surface area contributed by atoms with Gasteiger partial charge in [0.2, 0.25) is 5.91 Å². The molecule has 3 amide bonds. The number of amides is 3. The number of carbonyl (C=O) groups is 3. The van der Waals surface area contributed by atoms with Crippen molar-refractivity contribution < 1.29 is 28.6 Å². The second-order valence-electron chi connectivity index (χ2n) is 11.6. The molecule has 1 aromatic carbocycles. The van der Waals surface area contributed by atoms with Crippen LogP contribution in [0.4, 0.5) is 4.79 Å². The van der Waals surface area contributed by atoms with Gasteiger partial charge in [0.1, 0.15) is 23.2 Å². The predicted molar refractivity (Wildman–Crippen MR) is 141 cm³/mol. The molecule has 1 N–H and O–H groups in total. The van der Waals surface area contributed by atoms with E-state index < -0.39 is 17.2 Å². The van der Waals surface area contributed by atoms with E-state index in [2.05, 4.69) is 5.32 Å². The normalized spacial score (nSPS) is 17.2. The van der Waals surface area contributed by atoms with E-state index in [0.29, 0.717) is 43.0 Å². The summed E-state index contributed by atoms with van der Waals surface area (Å²) in [7, 11) is 1.56. The average Bonchev–Trinajstić information content (AvgIpc) is 2.82. The number of piperidine rings is 2. The number of hydrogen-bond donors (Lipinski definition) is 1. The maximum Gasteiger partial charge on any atom is 0.408 e. The molecular weight excluding hydrogens is 474 g/mol. The molecule has 0 bridgehead atoms.